The van der Waals surface area contributed by atoms with Gasteiger partial charge in [0.1, 0.15) is 30.1 Å². The highest BCUT2D eigenvalue weighted by molar-refractivity contribution is 6.32. The molecule has 4 rings (SSSR count). The average Bonchev–Trinajstić information content (AvgIpc) is 3.21. The van der Waals surface area contributed by atoms with Crippen LogP contribution < -0.4 is 10.1 Å². The first-order valence-corrected chi connectivity index (χ1v) is 9.23. The van der Waals surface area contributed by atoms with Crippen molar-refractivity contribution in [2.75, 3.05) is 6.61 Å². The topological polar surface area (TPSA) is 99.4 Å². The Morgan fingerprint density at radius 2 is 2.07 bits per heavy atom. The maximum absolute atomic E-state index is 11.7. The number of aliphatic hydroxyl groups excluding tert-OH is 1. The molecule has 150 valence electrons. The van der Waals surface area contributed by atoms with Crippen LogP contribution in [0.3, 0.4) is 0 Å². The van der Waals surface area contributed by atoms with Gasteiger partial charge in [-0.2, -0.15) is 0 Å². The fourth-order valence-electron chi connectivity index (χ4n) is 3.32. The van der Waals surface area contributed by atoms with Crippen molar-refractivity contribution < 1.29 is 33.3 Å². The van der Waals surface area contributed by atoms with Crippen LogP contribution in [0, 0.1) is 0 Å². The smallest absolute Gasteiger partial charge is 0.223 e. The van der Waals surface area contributed by atoms with Crippen LogP contribution in [-0.4, -0.2) is 48.3 Å². The molecule has 8 nitrogen and oxygen atoms in total. The summed E-state index contributed by atoms with van der Waals surface area (Å²) in [5.74, 6) is 0.519. The molecule has 2 aliphatic heterocycles. The monoisotopic (exact) mass is 409 g/mol. The molecule has 9 heteroatoms. The van der Waals surface area contributed by atoms with E-state index >= 15 is 0 Å². The Labute approximate surface area is 166 Å². The van der Waals surface area contributed by atoms with Gasteiger partial charge < -0.3 is 33.8 Å². The highest BCUT2D eigenvalue weighted by Gasteiger charge is 2.51. The summed E-state index contributed by atoms with van der Waals surface area (Å²) in [6.07, 6.45) is -2.68. The number of carbonyl (C=O) groups excluding carboxylic acids is 1. The van der Waals surface area contributed by atoms with E-state index in [0.717, 1.165) is 0 Å². The molecule has 2 saturated heterocycles. The van der Waals surface area contributed by atoms with Crippen molar-refractivity contribution in [3.05, 3.63) is 53.4 Å². The third-order valence-electron chi connectivity index (χ3n) is 4.59. The lowest BCUT2D eigenvalue weighted by Gasteiger charge is -2.47. The minimum atomic E-state index is -1.10. The predicted octanol–water partition coefficient (Wildman–Crippen LogP) is 2.02. The molecule has 0 unspecified atom stereocenters. The van der Waals surface area contributed by atoms with E-state index in [9.17, 15) is 9.90 Å². The van der Waals surface area contributed by atoms with Crippen LogP contribution in [0.1, 0.15) is 19.0 Å². The highest BCUT2D eigenvalue weighted by Crippen LogP contribution is 2.35. The summed E-state index contributed by atoms with van der Waals surface area (Å²) in [7, 11) is 0. The summed E-state index contributed by atoms with van der Waals surface area (Å²) in [5, 5.41) is 14.0. The van der Waals surface area contributed by atoms with Crippen LogP contribution in [-0.2, 0) is 19.0 Å². The Balaban J connectivity index is 1.55. The number of amides is 1. The largest absolute Gasteiger partial charge is 0.464 e. The number of hydrogen-bond acceptors (Lipinski definition) is 7. The third kappa shape index (κ3) is 3.87. The van der Waals surface area contributed by atoms with E-state index in [1.165, 1.54) is 13.2 Å². The molecule has 0 aliphatic carbocycles. The van der Waals surface area contributed by atoms with Crippen LogP contribution in [0.15, 0.2) is 47.1 Å². The van der Waals surface area contributed by atoms with Gasteiger partial charge in [0.05, 0.1) is 17.9 Å². The molecule has 1 aromatic carbocycles. The van der Waals surface area contributed by atoms with E-state index < -0.39 is 36.9 Å². The summed E-state index contributed by atoms with van der Waals surface area (Å²) < 4.78 is 28.6. The number of ether oxygens (including phenoxy) is 4. The first-order valence-electron chi connectivity index (χ1n) is 8.85. The zero-order valence-electron chi connectivity index (χ0n) is 15.0. The molecule has 3 heterocycles. The summed E-state index contributed by atoms with van der Waals surface area (Å²) in [6.45, 7) is 1.50. The van der Waals surface area contributed by atoms with Crippen molar-refractivity contribution in [2.45, 2.75) is 43.9 Å². The number of carbonyl (C=O) groups is 1. The van der Waals surface area contributed by atoms with Gasteiger partial charge in [-0.3, -0.25) is 4.79 Å². The summed E-state index contributed by atoms with van der Waals surface area (Å²) in [6, 6.07) is 9.45. The van der Waals surface area contributed by atoms with Crippen LogP contribution >= 0.6 is 11.6 Å². The lowest BCUT2D eigenvalue weighted by atomic mass is 9.96. The van der Waals surface area contributed by atoms with Gasteiger partial charge in [0.25, 0.3) is 0 Å². The van der Waals surface area contributed by atoms with Gasteiger partial charge in [-0.25, -0.2) is 0 Å². The van der Waals surface area contributed by atoms with Crippen molar-refractivity contribution in [1.29, 1.82) is 0 Å². The van der Waals surface area contributed by atoms with Crippen molar-refractivity contribution in [2.24, 2.45) is 0 Å². The highest BCUT2D eigenvalue weighted by atomic mass is 35.5. The van der Waals surface area contributed by atoms with Crippen molar-refractivity contribution >= 4 is 17.5 Å². The van der Waals surface area contributed by atoms with Crippen molar-refractivity contribution in [3.63, 3.8) is 0 Å². The summed E-state index contributed by atoms with van der Waals surface area (Å²) in [5.41, 5.74) is 0. The summed E-state index contributed by atoms with van der Waals surface area (Å²) >= 11 is 6.16. The number of nitrogens with one attached hydrogen (secondary N) is 1. The third-order valence-corrected chi connectivity index (χ3v) is 4.90. The number of hydrogen-bond donors (Lipinski definition) is 2. The molecule has 28 heavy (non-hydrogen) atoms. The van der Waals surface area contributed by atoms with Gasteiger partial charge in [0.2, 0.25) is 18.5 Å². The molecule has 2 fully saturated rings. The molecule has 0 radical (unpaired) electrons. The Morgan fingerprint density at radius 3 is 2.79 bits per heavy atom. The molecule has 1 amide bonds. The first kappa shape index (κ1) is 19.2. The van der Waals surface area contributed by atoms with Gasteiger partial charge in [0, 0.05) is 6.92 Å². The van der Waals surface area contributed by atoms with Gasteiger partial charge in [0.15, 0.2) is 5.76 Å². The minimum absolute atomic E-state index is 0.155. The second-order valence-electron chi connectivity index (χ2n) is 6.59. The molecule has 1 aromatic heterocycles. The molecule has 2 aromatic rings. The number of furan rings is 1. The Hall–Kier alpha value is -2.10. The van der Waals surface area contributed by atoms with Crippen LogP contribution in [0.2, 0.25) is 5.02 Å². The lowest BCUT2D eigenvalue weighted by Crippen LogP contribution is -2.67. The molecule has 2 N–H and O–H groups in total. The quantitative estimate of drug-likeness (QED) is 0.796. The zero-order chi connectivity index (χ0) is 19.7. The van der Waals surface area contributed by atoms with Gasteiger partial charge in [-0.1, -0.05) is 23.7 Å². The molecule has 0 spiro atoms. The molecular formula is C19H20ClNO7. The lowest BCUT2D eigenvalue weighted by molar-refractivity contribution is -0.336. The fraction of sp³-hybridized carbons (Fsp3) is 0.421. The second-order valence-corrected chi connectivity index (χ2v) is 7.00. The number of fused-ring (bicyclic) bond motifs is 1. The van der Waals surface area contributed by atoms with Gasteiger partial charge >= 0.3 is 0 Å². The predicted molar refractivity (Wildman–Crippen MR) is 96.6 cm³/mol. The fourth-order valence-corrected chi connectivity index (χ4v) is 3.50. The summed E-state index contributed by atoms with van der Waals surface area (Å²) in [4.78, 5) is 11.7. The SMILES string of the molecule is CC(=O)N[C@H]1[C@@H](Oc2ccccc2Cl)O[C@@H]2CO[C@H](c3ccco3)O[C@@H]2[C@@H]1O. The van der Waals surface area contributed by atoms with Crippen molar-refractivity contribution in [1.82, 2.24) is 5.32 Å². The van der Waals surface area contributed by atoms with Crippen molar-refractivity contribution in [3.8, 4) is 5.75 Å². The number of benzene rings is 1. The normalized spacial score (nSPS) is 32.4. The van der Waals surface area contributed by atoms with E-state index in [-0.39, 0.29) is 12.5 Å². The van der Waals surface area contributed by atoms with Crippen LogP contribution in [0.4, 0.5) is 0 Å². The van der Waals surface area contributed by atoms with E-state index in [0.29, 0.717) is 16.5 Å². The van der Waals surface area contributed by atoms with E-state index in [2.05, 4.69) is 5.32 Å². The van der Waals surface area contributed by atoms with Gasteiger partial charge in [-0.05, 0) is 24.3 Å². The molecule has 0 saturated carbocycles. The molecular weight excluding hydrogens is 390 g/mol. The average molecular weight is 410 g/mol. The van der Waals surface area contributed by atoms with E-state index in [1.807, 2.05) is 0 Å². The van der Waals surface area contributed by atoms with Crippen LogP contribution in [0.5, 0.6) is 5.75 Å². The minimum Gasteiger partial charge on any atom is -0.464 e. The number of rotatable bonds is 4. The Kier molecular flexibility index (Phi) is 5.56. The van der Waals surface area contributed by atoms with Crippen LogP contribution in [0.25, 0.3) is 0 Å². The molecule has 0 bridgehead atoms. The maximum Gasteiger partial charge on any atom is 0.223 e. The maximum atomic E-state index is 11.7. The number of para-hydroxylation sites is 1. The Bertz CT molecular complexity index is 814. The first-order chi connectivity index (χ1) is 13.5. The van der Waals surface area contributed by atoms with E-state index in [4.69, 9.17) is 35.0 Å². The second kappa shape index (κ2) is 8.10. The van der Waals surface area contributed by atoms with Gasteiger partial charge in [-0.15, -0.1) is 0 Å². The molecule has 6 atom stereocenters. The Morgan fingerprint density at radius 1 is 1.25 bits per heavy atom. The van der Waals surface area contributed by atoms with E-state index in [1.54, 1.807) is 36.4 Å². The zero-order valence-corrected chi connectivity index (χ0v) is 15.7. The number of halogens is 1. The standard InChI is InChI=1S/C19H20ClNO7/c1-10(22)21-15-16(23)17-14(9-25-18(28-17)13-7-4-8-24-13)27-19(15)26-12-6-3-2-5-11(12)20/h2-8,14-19,23H,9H2,1H3,(H,21,22)/t14-,15-,16-,17+,18+,19+/m1/s1. The number of aliphatic hydroxyl groups is 1. The molecule has 2 aliphatic rings.